The van der Waals surface area contributed by atoms with Crippen molar-refractivity contribution in [1.82, 2.24) is 4.90 Å². The molecule has 1 saturated heterocycles. The van der Waals surface area contributed by atoms with Crippen molar-refractivity contribution in [3.8, 4) is 5.75 Å². The van der Waals surface area contributed by atoms with Crippen LogP contribution >= 0.6 is 0 Å². The molecular weight excluding hydrogens is 300 g/mol. The van der Waals surface area contributed by atoms with Crippen LogP contribution in [-0.2, 0) is 0 Å². The van der Waals surface area contributed by atoms with Crippen LogP contribution in [0.4, 0.5) is 5.69 Å². The maximum Gasteiger partial charge on any atom is 0.256 e. The van der Waals surface area contributed by atoms with Gasteiger partial charge in [0.15, 0.2) is 0 Å². The van der Waals surface area contributed by atoms with Crippen molar-refractivity contribution in [2.75, 3.05) is 6.54 Å². The van der Waals surface area contributed by atoms with Crippen molar-refractivity contribution in [3.63, 3.8) is 0 Å². The van der Waals surface area contributed by atoms with Gasteiger partial charge in [-0.1, -0.05) is 6.07 Å². The molecule has 124 valence electrons. The minimum atomic E-state index is -0.248. The standard InChI is InChI=1S/C20H22N2O2/c1-20(2,3)24-16-7-6-13-11-18-17(10-14(13)9-16)19(23)22-8-4-5-15(22)12-21-18/h6-7,9-12,15H,4-5,8H2,1-3H3. The van der Waals surface area contributed by atoms with Crippen LogP contribution in [-0.4, -0.2) is 35.2 Å². The van der Waals surface area contributed by atoms with Crippen molar-refractivity contribution >= 4 is 28.6 Å². The Labute approximate surface area is 142 Å². The van der Waals surface area contributed by atoms with E-state index in [0.717, 1.165) is 41.6 Å². The number of hydrogen-bond donors (Lipinski definition) is 0. The Bertz CT molecular complexity index is 849. The Morgan fingerprint density at radius 1 is 1.17 bits per heavy atom. The third kappa shape index (κ3) is 2.66. The molecule has 4 nitrogen and oxygen atoms in total. The van der Waals surface area contributed by atoms with Crippen molar-refractivity contribution in [1.29, 1.82) is 0 Å². The summed E-state index contributed by atoms with van der Waals surface area (Å²) in [5, 5.41) is 2.08. The Morgan fingerprint density at radius 3 is 2.79 bits per heavy atom. The van der Waals surface area contributed by atoms with Gasteiger partial charge in [0, 0.05) is 12.8 Å². The van der Waals surface area contributed by atoms with E-state index in [0.29, 0.717) is 5.56 Å². The van der Waals surface area contributed by atoms with Crippen LogP contribution in [0.15, 0.2) is 35.3 Å². The zero-order chi connectivity index (χ0) is 16.9. The van der Waals surface area contributed by atoms with Gasteiger partial charge in [-0.15, -0.1) is 0 Å². The van der Waals surface area contributed by atoms with Gasteiger partial charge in [-0.3, -0.25) is 9.79 Å². The molecule has 24 heavy (non-hydrogen) atoms. The highest BCUT2D eigenvalue weighted by Gasteiger charge is 2.31. The van der Waals surface area contributed by atoms with Crippen molar-refractivity contribution in [2.45, 2.75) is 45.3 Å². The van der Waals surface area contributed by atoms with Crippen LogP contribution < -0.4 is 4.74 Å². The van der Waals surface area contributed by atoms with E-state index in [-0.39, 0.29) is 17.6 Å². The summed E-state index contributed by atoms with van der Waals surface area (Å²) >= 11 is 0. The summed E-state index contributed by atoms with van der Waals surface area (Å²) in [5.41, 5.74) is 1.21. The number of carbonyl (C=O) groups excluding carboxylic acids is 1. The molecule has 2 aromatic carbocycles. The second kappa shape index (κ2) is 5.33. The summed E-state index contributed by atoms with van der Waals surface area (Å²) in [6, 6.07) is 10.1. The number of amides is 1. The van der Waals surface area contributed by atoms with E-state index in [4.69, 9.17) is 4.74 Å². The number of aliphatic imine (C=N–C) groups is 1. The molecule has 1 amide bonds. The maximum absolute atomic E-state index is 12.9. The Balaban J connectivity index is 1.80. The lowest BCUT2D eigenvalue weighted by Crippen LogP contribution is -2.35. The van der Waals surface area contributed by atoms with Crippen LogP contribution in [0.1, 0.15) is 44.0 Å². The summed E-state index contributed by atoms with van der Waals surface area (Å²) in [6.07, 6.45) is 3.99. The molecule has 2 aliphatic heterocycles. The third-order valence-corrected chi connectivity index (χ3v) is 4.53. The molecule has 0 N–H and O–H groups in total. The van der Waals surface area contributed by atoms with E-state index in [9.17, 15) is 4.79 Å². The van der Waals surface area contributed by atoms with Gasteiger partial charge < -0.3 is 9.64 Å². The van der Waals surface area contributed by atoms with Crippen molar-refractivity contribution in [3.05, 3.63) is 35.9 Å². The maximum atomic E-state index is 12.9. The van der Waals surface area contributed by atoms with Gasteiger partial charge >= 0.3 is 0 Å². The number of fused-ring (bicyclic) bond motifs is 3. The number of benzene rings is 2. The molecule has 1 fully saturated rings. The summed E-state index contributed by atoms with van der Waals surface area (Å²) in [6.45, 7) is 6.90. The molecule has 0 aromatic heterocycles. The van der Waals surface area contributed by atoms with E-state index >= 15 is 0 Å². The van der Waals surface area contributed by atoms with Crippen LogP contribution in [0, 0.1) is 0 Å². The normalized spacial score (nSPS) is 20.0. The van der Waals surface area contributed by atoms with Gasteiger partial charge in [0.05, 0.1) is 17.3 Å². The Hall–Kier alpha value is -2.36. The highest BCUT2D eigenvalue weighted by atomic mass is 16.5. The van der Waals surface area contributed by atoms with Gasteiger partial charge in [-0.05, 0) is 68.7 Å². The van der Waals surface area contributed by atoms with Gasteiger partial charge in [0.2, 0.25) is 0 Å². The predicted molar refractivity (Wildman–Crippen MR) is 96.5 cm³/mol. The molecule has 2 aromatic rings. The second-order valence-corrected chi connectivity index (χ2v) is 7.58. The van der Waals surface area contributed by atoms with Crippen LogP contribution in [0.2, 0.25) is 0 Å². The smallest absolute Gasteiger partial charge is 0.256 e. The number of nitrogens with zero attached hydrogens (tertiary/aromatic N) is 2. The van der Waals surface area contributed by atoms with Crippen molar-refractivity contribution in [2.24, 2.45) is 4.99 Å². The first kappa shape index (κ1) is 15.2. The molecule has 0 saturated carbocycles. The van der Waals surface area contributed by atoms with E-state index in [1.54, 1.807) is 0 Å². The fourth-order valence-corrected chi connectivity index (χ4v) is 3.48. The summed E-state index contributed by atoms with van der Waals surface area (Å²) in [5.74, 6) is 0.910. The lowest BCUT2D eigenvalue weighted by molar-refractivity contribution is 0.0775. The number of carbonyl (C=O) groups is 1. The zero-order valence-corrected chi connectivity index (χ0v) is 14.4. The lowest BCUT2D eigenvalue weighted by atomic mass is 10.0. The fraction of sp³-hybridized carbons (Fsp3) is 0.400. The molecule has 1 unspecified atom stereocenters. The fourth-order valence-electron chi connectivity index (χ4n) is 3.48. The molecule has 4 rings (SSSR count). The monoisotopic (exact) mass is 322 g/mol. The molecule has 0 radical (unpaired) electrons. The molecule has 0 aliphatic carbocycles. The van der Waals surface area contributed by atoms with Crippen LogP contribution in [0.5, 0.6) is 5.75 Å². The third-order valence-electron chi connectivity index (χ3n) is 4.53. The van der Waals surface area contributed by atoms with Gasteiger partial charge in [-0.2, -0.15) is 0 Å². The molecule has 2 aliphatic rings. The quantitative estimate of drug-likeness (QED) is 0.784. The number of rotatable bonds is 1. The Kier molecular flexibility index (Phi) is 3.37. The Morgan fingerprint density at radius 2 is 2.00 bits per heavy atom. The molecule has 4 heteroatoms. The zero-order valence-electron chi connectivity index (χ0n) is 14.4. The SMILES string of the molecule is CC(C)(C)Oc1ccc2cc3c(cc2c1)C(=O)N1CCCC1C=N3. The van der Waals surface area contributed by atoms with E-state index in [1.165, 1.54) is 0 Å². The molecule has 2 heterocycles. The first-order valence-corrected chi connectivity index (χ1v) is 8.53. The highest BCUT2D eigenvalue weighted by molar-refractivity contribution is 6.06. The summed E-state index contributed by atoms with van der Waals surface area (Å²) < 4.78 is 5.95. The molecular formula is C20H22N2O2. The minimum absolute atomic E-state index is 0.0917. The first-order valence-electron chi connectivity index (χ1n) is 8.53. The van der Waals surface area contributed by atoms with Crippen molar-refractivity contribution < 1.29 is 9.53 Å². The number of hydrogen-bond acceptors (Lipinski definition) is 3. The molecule has 1 atom stereocenters. The summed E-state index contributed by atoms with van der Waals surface area (Å²) in [4.78, 5) is 19.4. The lowest BCUT2D eigenvalue weighted by Gasteiger charge is -2.22. The average molecular weight is 322 g/mol. The van der Waals surface area contributed by atoms with Gasteiger partial charge in [0.1, 0.15) is 11.4 Å². The highest BCUT2D eigenvalue weighted by Crippen LogP contribution is 2.34. The minimum Gasteiger partial charge on any atom is -0.488 e. The van der Waals surface area contributed by atoms with Crippen LogP contribution in [0.3, 0.4) is 0 Å². The second-order valence-electron chi connectivity index (χ2n) is 7.58. The first-order chi connectivity index (χ1) is 11.4. The van der Waals surface area contributed by atoms with Crippen LogP contribution in [0.25, 0.3) is 10.8 Å². The van der Waals surface area contributed by atoms with E-state index in [2.05, 4.69) is 4.99 Å². The van der Waals surface area contributed by atoms with E-state index < -0.39 is 0 Å². The predicted octanol–water partition coefficient (Wildman–Crippen LogP) is 4.34. The largest absolute Gasteiger partial charge is 0.488 e. The molecule has 0 bridgehead atoms. The number of ether oxygens (including phenoxy) is 1. The van der Waals surface area contributed by atoms with Gasteiger partial charge in [-0.25, -0.2) is 0 Å². The van der Waals surface area contributed by atoms with E-state index in [1.807, 2.05) is 62.2 Å². The molecule has 0 spiro atoms. The van der Waals surface area contributed by atoms with Gasteiger partial charge in [0.25, 0.3) is 5.91 Å². The summed E-state index contributed by atoms with van der Waals surface area (Å²) in [7, 11) is 0. The topological polar surface area (TPSA) is 41.9 Å². The average Bonchev–Trinajstić information content (AvgIpc) is 2.94.